The molecule has 3 aliphatic rings. The van der Waals surface area contributed by atoms with Crippen LogP contribution in [0.1, 0.15) is 49.5 Å². The zero-order valence-corrected chi connectivity index (χ0v) is 22.2. The van der Waals surface area contributed by atoms with Gasteiger partial charge in [-0.1, -0.05) is 61.6 Å². The second kappa shape index (κ2) is 9.02. The van der Waals surface area contributed by atoms with Gasteiger partial charge < -0.3 is 5.32 Å². The SMILES string of the molecule is C[C@@H]1C(NC(=O)c2cn(Cc3c(Cl)cccc3Cl)n(-c3ccc(Cl)cc3)c2=O)C[C@H]2CC1C2(C)C. The van der Waals surface area contributed by atoms with Crippen LogP contribution in [0.3, 0.4) is 0 Å². The van der Waals surface area contributed by atoms with Crippen molar-refractivity contribution in [2.24, 2.45) is 23.2 Å². The Hall–Kier alpha value is -2.21. The number of fused-ring (bicyclic) bond motifs is 2. The summed E-state index contributed by atoms with van der Waals surface area (Å²) in [5.74, 6) is 1.20. The largest absolute Gasteiger partial charge is 0.349 e. The number of amides is 1. The molecule has 1 heterocycles. The fraction of sp³-hybridized carbons (Fsp3) is 0.407. The Morgan fingerprint density at radius 1 is 1.06 bits per heavy atom. The van der Waals surface area contributed by atoms with E-state index in [0.717, 1.165) is 6.42 Å². The Kier molecular flexibility index (Phi) is 6.31. The maximum absolute atomic E-state index is 13.6. The van der Waals surface area contributed by atoms with Crippen LogP contribution in [-0.4, -0.2) is 21.3 Å². The minimum Gasteiger partial charge on any atom is -0.349 e. The summed E-state index contributed by atoms with van der Waals surface area (Å²) in [7, 11) is 0. The number of hydrogen-bond acceptors (Lipinski definition) is 2. The first kappa shape index (κ1) is 24.5. The number of carbonyl (C=O) groups excluding carboxylic acids is 1. The highest BCUT2D eigenvalue weighted by molar-refractivity contribution is 6.36. The fourth-order valence-electron chi connectivity index (χ4n) is 6.04. The van der Waals surface area contributed by atoms with E-state index in [1.807, 2.05) is 0 Å². The van der Waals surface area contributed by atoms with Crippen LogP contribution in [0.2, 0.25) is 15.1 Å². The van der Waals surface area contributed by atoms with E-state index < -0.39 is 5.56 Å². The Bertz CT molecular complexity index is 1320. The first-order chi connectivity index (χ1) is 16.6. The lowest BCUT2D eigenvalue weighted by atomic mass is 9.45. The Morgan fingerprint density at radius 3 is 2.31 bits per heavy atom. The molecule has 1 N–H and O–H groups in total. The summed E-state index contributed by atoms with van der Waals surface area (Å²) in [5, 5.41) is 4.71. The number of aromatic nitrogens is 2. The highest BCUT2D eigenvalue weighted by Crippen LogP contribution is 2.61. The maximum atomic E-state index is 13.6. The van der Waals surface area contributed by atoms with E-state index in [1.165, 1.54) is 11.1 Å². The van der Waals surface area contributed by atoms with Crippen molar-refractivity contribution < 1.29 is 4.79 Å². The summed E-state index contributed by atoms with van der Waals surface area (Å²) in [5.41, 5.74) is 1.27. The highest BCUT2D eigenvalue weighted by atomic mass is 35.5. The molecule has 1 aromatic heterocycles. The highest BCUT2D eigenvalue weighted by Gasteiger charge is 2.56. The van der Waals surface area contributed by atoms with Crippen LogP contribution < -0.4 is 10.9 Å². The molecule has 4 atom stereocenters. The van der Waals surface area contributed by atoms with Crippen molar-refractivity contribution in [3.8, 4) is 5.69 Å². The van der Waals surface area contributed by atoms with E-state index in [9.17, 15) is 9.59 Å². The first-order valence-electron chi connectivity index (χ1n) is 11.9. The molecule has 184 valence electrons. The molecule has 3 aliphatic carbocycles. The normalized spacial score (nSPS) is 24.6. The average Bonchev–Trinajstić information content (AvgIpc) is 3.13. The predicted molar refractivity (Wildman–Crippen MR) is 141 cm³/mol. The average molecular weight is 533 g/mol. The molecule has 3 fully saturated rings. The van der Waals surface area contributed by atoms with E-state index in [2.05, 4.69) is 26.1 Å². The van der Waals surface area contributed by atoms with Crippen LogP contribution in [0, 0.1) is 23.2 Å². The van der Waals surface area contributed by atoms with Crippen molar-refractivity contribution in [1.29, 1.82) is 0 Å². The summed E-state index contributed by atoms with van der Waals surface area (Å²) >= 11 is 18.9. The van der Waals surface area contributed by atoms with Gasteiger partial charge in [-0.15, -0.1) is 0 Å². The molecule has 2 aromatic carbocycles. The maximum Gasteiger partial charge on any atom is 0.284 e. The number of hydrogen-bond donors (Lipinski definition) is 1. The van der Waals surface area contributed by atoms with E-state index in [4.69, 9.17) is 34.8 Å². The summed E-state index contributed by atoms with van der Waals surface area (Å²) in [6.07, 6.45) is 3.75. The number of nitrogens with one attached hydrogen (secondary N) is 1. The predicted octanol–water partition coefficient (Wildman–Crippen LogP) is 6.45. The number of benzene rings is 2. The Balaban J connectivity index is 1.50. The summed E-state index contributed by atoms with van der Waals surface area (Å²) in [6, 6.07) is 12.2. The van der Waals surface area contributed by atoms with Crippen molar-refractivity contribution in [3.63, 3.8) is 0 Å². The standard InChI is InChI=1S/C27H28Cl3N3O2/c1-15-21-11-16(27(21,2)3)12-24(15)31-25(34)20-14-32(13-19-22(29)5-4-6-23(19)30)33(26(20)35)18-9-7-17(28)8-10-18/h4-10,14-16,21,24H,11-13H2,1-3H3,(H,31,34)/t15-,16+,21?,24?/m0/s1. The number of rotatable bonds is 5. The number of halogens is 3. The molecule has 0 radical (unpaired) electrons. The minimum absolute atomic E-state index is 0.0593. The van der Waals surface area contributed by atoms with Gasteiger partial charge in [-0.3, -0.25) is 14.3 Å². The van der Waals surface area contributed by atoms with Crippen molar-refractivity contribution >= 4 is 40.7 Å². The minimum atomic E-state index is -0.401. The van der Waals surface area contributed by atoms with Gasteiger partial charge in [-0.25, -0.2) is 4.68 Å². The van der Waals surface area contributed by atoms with Gasteiger partial charge in [-0.05, 0) is 72.4 Å². The molecule has 5 nitrogen and oxygen atoms in total. The van der Waals surface area contributed by atoms with Gasteiger partial charge in [0.25, 0.3) is 11.5 Å². The molecule has 3 saturated carbocycles. The van der Waals surface area contributed by atoms with Crippen molar-refractivity contribution in [2.45, 2.75) is 46.2 Å². The van der Waals surface area contributed by atoms with Gasteiger partial charge in [0.15, 0.2) is 0 Å². The molecule has 0 spiro atoms. The topological polar surface area (TPSA) is 56.0 Å². The van der Waals surface area contributed by atoms with Gasteiger partial charge in [0, 0.05) is 32.9 Å². The summed E-state index contributed by atoms with van der Waals surface area (Å²) in [6.45, 7) is 7.08. The monoisotopic (exact) mass is 531 g/mol. The third-order valence-corrected chi connectivity index (χ3v) is 9.29. The quantitative estimate of drug-likeness (QED) is 0.411. The van der Waals surface area contributed by atoms with Gasteiger partial charge in [0.1, 0.15) is 5.56 Å². The molecule has 1 amide bonds. The van der Waals surface area contributed by atoms with Crippen LogP contribution in [0.5, 0.6) is 0 Å². The van der Waals surface area contributed by atoms with Crippen molar-refractivity contribution in [3.05, 3.63) is 85.2 Å². The van der Waals surface area contributed by atoms with Crippen LogP contribution in [0.15, 0.2) is 53.5 Å². The molecule has 0 saturated heterocycles. The first-order valence-corrected chi connectivity index (χ1v) is 13.0. The van der Waals surface area contributed by atoms with Gasteiger partial charge in [0.05, 0.1) is 12.2 Å². The van der Waals surface area contributed by atoms with E-state index in [0.29, 0.717) is 49.5 Å². The zero-order valence-electron chi connectivity index (χ0n) is 19.9. The lowest BCUT2D eigenvalue weighted by Gasteiger charge is -2.62. The smallest absolute Gasteiger partial charge is 0.284 e. The molecule has 8 heteroatoms. The van der Waals surface area contributed by atoms with Crippen LogP contribution in [0.4, 0.5) is 0 Å². The van der Waals surface area contributed by atoms with Gasteiger partial charge in [-0.2, -0.15) is 0 Å². The third-order valence-electron chi connectivity index (χ3n) is 8.33. The van der Waals surface area contributed by atoms with Crippen LogP contribution >= 0.6 is 34.8 Å². The van der Waals surface area contributed by atoms with E-state index >= 15 is 0 Å². The van der Waals surface area contributed by atoms with Crippen LogP contribution in [0.25, 0.3) is 5.69 Å². The molecule has 2 bridgehead atoms. The molecular formula is C27H28Cl3N3O2. The lowest BCUT2D eigenvalue weighted by molar-refractivity contribution is -0.113. The lowest BCUT2D eigenvalue weighted by Crippen LogP contribution is -2.60. The molecule has 2 unspecified atom stereocenters. The van der Waals surface area contributed by atoms with Gasteiger partial charge >= 0.3 is 0 Å². The molecular weight excluding hydrogens is 505 g/mol. The van der Waals surface area contributed by atoms with Gasteiger partial charge in [0.2, 0.25) is 0 Å². The zero-order chi connectivity index (χ0) is 25.1. The number of nitrogens with zero attached hydrogens (tertiary/aromatic N) is 2. The second-order valence-electron chi connectivity index (χ2n) is 10.5. The van der Waals surface area contributed by atoms with Crippen LogP contribution in [-0.2, 0) is 6.54 Å². The molecule has 6 rings (SSSR count). The molecule has 0 aliphatic heterocycles. The Labute approximate surface area is 220 Å². The number of carbonyl (C=O) groups is 1. The summed E-state index contributed by atoms with van der Waals surface area (Å²) < 4.78 is 3.15. The fourth-order valence-corrected chi connectivity index (χ4v) is 6.69. The van der Waals surface area contributed by atoms with Crippen molar-refractivity contribution in [2.75, 3.05) is 0 Å². The van der Waals surface area contributed by atoms with E-state index in [-0.39, 0.29) is 24.1 Å². The molecule has 3 aromatic rings. The molecule has 35 heavy (non-hydrogen) atoms. The summed E-state index contributed by atoms with van der Waals surface area (Å²) in [4.78, 5) is 26.9. The van der Waals surface area contributed by atoms with Crippen molar-refractivity contribution in [1.82, 2.24) is 14.7 Å². The second-order valence-corrected chi connectivity index (χ2v) is 11.7. The van der Waals surface area contributed by atoms with E-state index in [1.54, 1.807) is 53.3 Å². The third kappa shape index (κ3) is 4.22. The Morgan fingerprint density at radius 2 is 1.71 bits per heavy atom.